The summed E-state index contributed by atoms with van der Waals surface area (Å²) in [5.74, 6) is -1.77. The van der Waals surface area contributed by atoms with Gasteiger partial charge < -0.3 is 9.47 Å². The molecule has 34 heavy (non-hydrogen) atoms. The highest BCUT2D eigenvalue weighted by atomic mass is 16.5. The third kappa shape index (κ3) is 4.88. The zero-order valence-electron chi connectivity index (χ0n) is 20.0. The average Bonchev–Trinajstić information content (AvgIpc) is 3.14. The van der Waals surface area contributed by atoms with Gasteiger partial charge in [-0.1, -0.05) is 31.5 Å². The van der Waals surface area contributed by atoms with Gasteiger partial charge >= 0.3 is 0 Å². The van der Waals surface area contributed by atoms with Crippen LogP contribution in [0.4, 0.5) is 5.69 Å². The van der Waals surface area contributed by atoms with Crippen LogP contribution in [0.2, 0.25) is 0 Å². The number of nitrogens with one attached hydrogen (secondary N) is 1. The van der Waals surface area contributed by atoms with E-state index in [1.165, 1.54) is 26.4 Å². The van der Waals surface area contributed by atoms with Gasteiger partial charge in [0.15, 0.2) is 11.5 Å². The van der Waals surface area contributed by atoms with Crippen molar-refractivity contribution in [3.8, 4) is 11.5 Å². The number of benzene rings is 2. The summed E-state index contributed by atoms with van der Waals surface area (Å²) < 4.78 is 10.4. The molecule has 2 aromatic rings. The first-order chi connectivity index (χ1) is 16.2. The van der Waals surface area contributed by atoms with E-state index in [1.807, 2.05) is 13.8 Å². The number of anilines is 1. The molecule has 9 nitrogen and oxygen atoms in total. The summed E-state index contributed by atoms with van der Waals surface area (Å²) in [5.41, 5.74) is 4.16. The SMILES string of the molecule is CCC(C)C(=O)N(NC(=O)c1ccc(OC)c(OC)c1)C1CC(=O)N(c2ccc(C)cc2)C1=O. The Morgan fingerprint density at radius 3 is 2.32 bits per heavy atom. The quantitative estimate of drug-likeness (QED) is 0.496. The number of rotatable bonds is 7. The molecule has 2 atom stereocenters. The van der Waals surface area contributed by atoms with Crippen molar-refractivity contribution in [1.82, 2.24) is 10.4 Å². The van der Waals surface area contributed by atoms with Crippen molar-refractivity contribution in [1.29, 1.82) is 0 Å². The fourth-order valence-electron chi connectivity index (χ4n) is 3.63. The van der Waals surface area contributed by atoms with Crippen molar-refractivity contribution in [2.24, 2.45) is 5.92 Å². The van der Waals surface area contributed by atoms with E-state index >= 15 is 0 Å². The minimum atomic E-state index is -1.15. The molecule has 3 rings (SSSR count). The number of aryl methyl sites for hydroxylation is 1. The molecule has 0 radical (unpaired) electrons. The minimum absolute atomic E-state index is 0.201. The predicted molar refractivity (Wildman–Crippen MR) is 125 cm³/mol. The number of nitrogens with zero attached hydrogens (tertiary/aromatic N) is 2. The van der Waals surface area contributed by atoms with E-state index in [1.54, 1.807) is 37.3 Å². The first-order valence-electron chi connectivity index (χ1n) is 11.0. The molecule has 0 aromatic heterocycles. The molecule has 2 unspecified atom stereocenters. The fraction of sp³-hybridized carbons (Fsp3) is 0.360. The van der Waals surface area contributed by atoms with Crippen LogP contribution in [0.5, 0.6) is 11.5 Å². The highest BCUT2D eigenvalue weighted by Gasteiger charge is 2.45. The molecule has 1 heterocycles. The first kappa shape index (κ1) is 24.8. The van der Waals surface area contributed by atoms with Crippen LogP contribution in [0.1, 0.15) is 42.6 Å². The summed E-state index contributed by atoms with van der Waals surface area (Å²) >= 11 is 0. The van der Waals surface area contributed by atoms with E-state index in [9.17, 15) is 19.2 Å². The molecular weight excluding hydrogens is 438 g/mol. The fourth-order valence-corrected chi connectivity index (χ4v) is 3.63. The van der Waals surface area contributed by atoms with Crippen LogP contribution in [0.3, 0.4) is 0 Å². The molecule has 1 aliphatic rings. The van der Waals surface area contributed by atoms with Gasteiger partial charge in [0.25, 0.3) is 11.8 Å². The molecule has 2 aromatic carbocycles. The van der Waals surface area contributed by atoms with Crippen molar-refractivity contribution in [2.75, 3.05) is 19.1 Å². The minimum Gasteiger partial charge on any atom is -0.493 e. The third-order valence-electron chi connectivity index (χ3n) is 5.87. The molecule has 1 fully saturated rings. The lowest BCUT2D eigenvalue weighted by Gasteiger charge is -2.30. The van der Waals surface area contributed by atoms with Crippen LogP contribution in [0, 0.1) is 12.8 Å². The Balaban J connectivity index is 1.91. The molecule has 0 aliphatic carbocycles. The maximum absolute atomic E-state index is 13.3. The number of hydrogen-bond acceptors (Lipinski definition) is 6. The molecule has 0 spiro atoms. The van der Waals surface area contributed by atoms with Gasteiger partial charge in [0.2, 0.25) is 11.8 Å². The van der Waals surface area contributed by atoms with Gasteiger partial charge in [-0.25, -0.2) is 9.91 Å². The molecule has 180 valence electrons. The smallest absolute Gasteiger partial charge is 0.270 e. The zero-order valence-corrected chi connectivity index (χ0v) is 20.0. The van der Waals surface area contributed by atoms with Crippen LogP contribution >= 0.6 is 0 Å². The van der Waals surface area contributed by atoms with Gasteiger partial charge in [0.1, 0.15) is 6.04 Å². The van der Waals surface area contributed by atoms with Crippen LogP contribution in [-0.2, 0) is 14.4 Å². The number of methoxy groups -OCH3 is 2. The van der Waals surface area contributed by atoms with Crippen molar-refractivity contribution in [3.05, 3.63) is 53.6 Å². The lowest BCUT2D eigenvalue weighted by Crippen LogP contribution is -2.56. The Morgan fingerprint density at radius 1 is 1.09 bits per heavy atom. The lowest BCUT2D eigenvalue weighted by atomic mass is 10.1. The molecule has 0 saturated carbocycles. The predicted octanol–water partition coefficient (Wildman–Crippen LogP) is 2.86. The second-order valence-electron chi connectivity index (χ2n) is 8.15. The van der Waals surface area contributed by atoms with E-state index in [2.05, 4.69) is 5.43 Å². The van der Waals surface area contributed by atoms with Crippen LogP contribution in [0.25, 0.3) is 0 Å². The van der Waals surface area contributed by atoms with E-state index in [4.69, 9.17) is 9.47 Å². The summed E-state index contributed by atoms with van der Waals surface area (Å²) in [6.07, 6.45) is 0.263. The van der Waals surface area contributed by atoms with Gasteiger partial charge in [-0.2, -0.15) is 0 Å². The van der Waals surface area contributed by atoms with Gasteiger partial charge in [0.05, 0.1) is 26.3 Å². The maximum Gasteiger partial charge on any atom is 0.270 e. The standard InChI is InChI=1S/C25H29N3O6/c1-6-16(3)24(31)28(26-23(30)17-9-12-20(33-4)21(13-17)34-5)19-14-22(29)27(25(19)32)18-10-7-15(2)8-11-18/h7-13,16,19H,6,14H2,1-5H3,(H,26,30). The van der Waals surface area contributed by atoms with Crippen LogP contribution in [0.15, 0.2) is 42.5 Å². The Hall–Kier alpha value is -3.88. The van der Waals surface area contributed by atoms with Crippen molar-refractivity contribution in [3.63, 3.8) is 0 Å². The Kier molecular flexibility index (Phi) is 7.55. The van der Waals surface area contributed by atoms with E-state index < -0.39 is 35.6 Å². The van der Waals surface area contributed by atoms with Gasteiger partial charge in [-0.05, 0) is 43.7 Å². The van der Waals surface area contributed by atoms with Gasteiger partial charge in [-0.3, -0.25) is 24.6 Å². The Morgan fingerprint density at radius 2 is 1.74 bits per heavy atom. The number of amides is 4. The molecule has 1 aliphatic heterocycles. The van der Waals surface area contributed by atoms with Crippen LogP contribution < -0.4 is 19.8 Å². The van der Waals surface area contributed by atoms with Crippen molar-refractivity contribution in [2.45, 2.75) is 39.7 Å². The molecule has 9 heteroatoms. The van der Waals surface area contributed by atoms with Crippen molar-refractivity contribution < 1.29 is 28.7 Å². The molecule has 0 bridgehead atoms. The number of imide groups is 1. The summed E-state index contributed by atoms with van der Waals surface area (Å²) in [7, 11) is 2.92. The van der Waals surface area contributed by atoms with E-state index in [-0.39, 0.29) is 12.0 Å². The number of carbonyl (C=O) groups excluding carboxylic acids is 4. The topological polar surface area (TPSA) is 105 Å². The summed E-state index contributed by atoms with van der Waals surface area (Å²) in [6.45, 7) is 5.43. The maximum atomic E-state index is 13.3. The van der Waals surface area contributed by atoms with E-state index in [0.29, 0.717) is 23.6 Å². The zero-order chi connectivity index (χ0) is 25.0. The second-order valence-corrected chi connectivity index (χ2v) is 8.15. The number of hydrogen-bond donors (Lipinski definition) is 1. The lowest BCUT2D eigenvalue weighted by molar-refractivity contribution is -0.144. The molecular formula is C25H29N3O6. The summed E-state index contributed by atoms with van der Waals surface area (Å²) in [6, 6.07) is 10.3. The largest absolute Gasteiger partial charge is 0.493 e. The Labute approximate surface area is 198 Å². The monoisotopic (exact) mass is 467 g/mol. The first-order valence-corrected chi connectivity index (χ1v) is 11.0. The van der Waals surface area contributed by atoms with Crippen molar-refractivity contribution >= 4 is 29.3 Å². The Bertz CT molecular complexity index is 1100. The number of carbonyl (C=O) groups is 4. The highest BCUT2D eigenvalue weighted by Crippen LogP contribution is 2.29. The number of ether oxygens (including phenoxy) is 2. The number of hydrazine groups is 1. The van der Waals surface area contributed by atoms with Crippen LogP contribution in [-0.4, -0.2) is 48.9 Å². The second kappa shape index (κ2) is 10.4. The molecule has 1 N–H and O–H groups in total. The van der Waals surface area contributed by atoms with Gasteiger partial charge in [0, 0.05) is 11.5 Å². The average molecular weight is 468 g/mol. The summed E-state index contributed by atoms with van der Waals surface area (Å²) in [5, 5.41) is 1.00. The summed E-state index contributed by atoms with van der Waals surface area (Å²) in [4.78, 5) is 53.4. The molecule has 1 saturated heterocycles. The normalized spacial score (nSPS) is 16.3. The highest BCUT2D eigenvalue weighted by molar-refractivity contribution is 6.23. The van der Waals surface area contributed by atoms with E-state index in [0.717, 1.165) is 15.5 Å². The third-order valence-corrected chi connectivity index (χ3v) is 5.87. The van der Waals surface area contributed by atoms with Gasteiger partial charge in [-0.15, -0.1) is 0 Å². The molecule has 4 amide bonds.